The average Bonchev–Trinajstić information content (AvgIpc) is 3.08. The SMILES string of the molecule is O=C(O)/C=C/c1cccc(/C=C/c2ccc(-c3ccccc3)o2)c1. The Hall–Kier alpha value is -3.33. The molecule has 0 atom stereocenters. The molecule has 0 aliphatic heterocycles. The normalized spacial score (nSPS) is 11.3. The minimum absolute atomic E-state index is 0.764. The van der Waals surface area contributed by atoms with Crippen LogP contribution in [-0.4, -0.2) is 11.1 Å². The first-order valence-electron chi connectivity index (χ1n) is 7.55. The molecule has 2 aromatic carbocycles. The second-order valence-electron chi connectivity index (χ2n) is 5.24. The Bertz CT molecular complexity index is 886. The van der Waals surface area contributed by atoms with Crippen LogP contribution in [0.15, 0.2) is 77.2 Å². The monoisotopic (exact) mass is 316 g/mol. The van der Waals surface area contributed by atoms with Crippen molar-refractivity contribution in [2.75, 3.05) is 0 Å². The summed E-state index contributed by atoms with van der Waals surface area (Å²) in [5.41, 5.74) is 2.85. The molecule has 0 spiro atoms. The maximum atomic E-state index is 10.6. The molecule has 3 nitrogen and oxygen atoms in total. The molecule has 1 aromatic heterocycles. The zero-order valence-corrected chi connectivity index (χ0v) is 12.9. The van der Waals surface area contributed by atoms with Crippen LogP contribution in [0.25, 0.3) is 29.6 Å². The van der Waals surface area contributed by atoms with Gasteiger partial charge in [-0.2, -0.15) is 0 Å². The number of aliphatic carboxylic acids is 1. The van der Waals surface area contributed by atoms with Gasteiger partial charge in [-0.05, 0) is 41.5 Å². The van der Waals surface area contributed by atoms with Gasteiger partial charge in [0.25, 0.3) is 0 Å². The van der Waals surface area contributed by atoms with Crippen LogP contribution in [0, 0.1) is 0 Å². The third-order valence-electron chi connectivity index (χ3n) is 3.45. The number of rotatable bonds is 5. The van der Waals surface area contributed by atoms with Crippen LogP contribution in [0.2, 0.25) is 0 Å². The van der Waals surface area contributed by atoms with Crippen molar-refractivity contribution in [3.8, 4) is 11.3 Å². The number of furan rings is 1. The summed E-state index contributed by atoms with van der Waals surface area (Å²) in [6, 6.07) is 21.4. The lowest BCUT2D eigenvalue weighted by molar-refractivity contribution is -0.131. The van der Waals surface area contributed by atoms with Gasteiger partial charge in [-0.15, -0.1) is 0 Å². The minimum atomic E-state index is -0.958. The number of hydrogen-bond acceptors (Lipinski definition) is 2. The van der Waals surface area contributed by atoms with E-state index in [1.807, 2.05) is 78.9 Å². The number of carboxylic acid groups (broad SMARTS) is 1. The molecular formula is C21H16O3. The molecular weight excluding hydrogens is 300 g/mol. The molecule has 0 saturated carbocycles. The highest BCUT2D eigenvalue weighted by Gasteiger charge is 2.01. The van der Waals surface area contributed by atoms with Crippen LogP contribution >= 0.6 is 0 Å². The molecule has 0 amide bonds. The van der Waals surface area contributed by atoms with E-state index in [4.69, 9.17) is 9.52 Å². The van der Waals surface area contributed by atoms with Crippen LogP contribution in [-0.2, 0) is 4.79 Å². The lowest BCUT2D eigenvalue weighted by Gasteiger charge is -1.97. The van der Waals surface area contributed by atoms with Crippen molar-refractivity contribution in [1.82, 2.24) is 0 Å². The van der Waals surface area contributed by atoms with E-state index in [0.29, 0.717) is 0 Å². The van der Waals surface area contributed by atoms with Crippen molar-refractivity contribution in [1.29, 1.82) is 0 Å². The zero-order valence-electron chi connectivity index (χ0n) is 12.9. The first-order valence-corrected chi connectivity index (χ1v) is 7.55. The van der Waals surface area contributed by atoms with Gasteiger partial charge in [-0.1, -0.05) is 54.6 Å². The second kappa shape index (κ2) is 7.29. The summed E-state index contributed by atoms with van der Waals surface area (Å²) in [7, 11) is 0. The fourth-order valence-electron chi connectivity index (χ4n) is 2.31. The topological polar surface area (TPSA) is 50.4 Å². The lowest BCUT2D eigenvalue weighted by Crippen LogP contribution is -1.85. The van der Waals surface area contributed by atoms with Crippen molar-refractivity contribution < 1.29 is 14.3 Å². The van der Waals surface area contributed by atoms with E-state index < -0.39 is 5.97 Å². The van der Waals surface area contributed by atoms with Gasteiger partial charge in [0, 0.05) is 11.6 Å². The first-order chi connectivity index (χ1) is 11.7. The summed E-state index contributed by atoms with van der Waals surface area (Å²) in [6.45, 7) is 0. The quantitative estimate of drug-likeness (QED) is 0.657. The predicted octanol–water partition coefficient (Wildman–Crippen LogP) is 5.21. The lowest BCUT2D eigenvalue weighted by atomic mass is 10.1. The Morgan fingerprint density at radius 3 is 2.33 bits per heavy atom. The molecule has 3 rings (SSSR count). The molecule has 0 aliphatic carbocycles. The van der Waals surface area contributed by atoms with E-state index in [1.54, 1.807) is 6.08 Å². The van der Waals surface area contributed by atoms with Crippen molar-refractivity contribution >= 4 is 24.2 Å². The molecule has 0 aliphatic rings. The minimum Gasteiger partial charge on any atom is -0.478 e. The number of hydrogen-bond donors (Lipinski definition) is 1. The third-order valence-corrected chi connectivity index (χ3v) is 3.45. The summed E-state index contributed by atoms with van der Waals surface area (Å²) in [6.07, 6.45) is 6.53. The van der Waals surface area contributed by atoms with Crippen molar-refractivity contribution in [3.63, 3.8) is 0 Å². The fraction of sp³-hybridized carbons (Fsp3) is 0. The molecule has 3 heteroatoms. The van der Waals surface area contributed by atoms with E-state index in [2.05, 4.69) is 0 Å². The van der Waals surface area contributed by atoms with Gasteiger partial charge in [0.15, 0.2) is 0 Å². The number of benzene rings is 2. The Kier molecular flexibility index (Phi) is 4.73. The van der Waals surface area contributed by atoms with Gasteiger partial charge in [0.05, 0.1) is 0 Å². The summed E-state index contributed by atoms with van der Waals surface area (Å²) in [4.78, 5) is 10.6. The van der Waals surface area contributed by atoms with Gasteiger partial charge >= 0.3 is 5.97 Å². The zero-order chi connectivity index (χ0) is 16.8. The molecule has 24 heavy (non-hydrogen) atoms. The smallest absolute Gasteiger partial charge is 0.328 e. The van der Waals surface area contributed by atoms with E-state index in [0.717, 1.165) is 34.3 Å². The maximum Gasteiger partial charge on any atom is 0.328 e. The Morgan fingerprint density at radius 1 is 0.833 bits per heavy atom. The third kappa shape index (κ3) is 4.11. The summed E-state index contributed by atoms with van der Waals surface area (Å²) in [5, 5.41) is 8.68. The Labute approximate surface area is 140 Å². The first kappa shape index (κ1) is 15.6. The molecule has 3 aromatic rings. The van der Waals surface area contributed by atoms with Crippen molar-refractivity contribution in [3.05, 3.63) is 89.7 Å². The van der Waals surface area contributed by atoms with Crippen molar-refractivity contribution in [2.24, 2.45) is 0 Å². The Morgan fingerprint density at radius 2 is 1.58 bits per heavy atom. The highest BCUT2D eigenvalue weighted by atomic mass is 16.4. The standard InChI is InChI=1S/C21H16O3/c22-21(23)14-10-17-6-4-5-16(15-17)9-11-19-12-13-20(24-19)18-7-2-1-3-8-18/h1-15H,(H,22,23)/b11-9+,14-10+. The summed E-state index contributed by atoms with van der Waals surface area (Å²) >= 11 is 0. The second-order valence-corrected chi connectivity index (χ2v) is 5.24. The summed E-state index contributed by atoms with van der Waals surface area (Å²) < 4.78 is 5.82. The molecule has 0 unspecified atom stereocenters. The fourth-order valence-corrected chi connectivity index (χ4v) is 2.31. The van der Waals surface area contributed by atoms with Gasteiger partial charge in [0.2, 0.25) is 0 Å². The predicted molar refractivity (Wildman–Crippen MR) is 96.2 cm³/mol. The molecule has 0 bridgehead atoms. The molecule has 0 fully saturated rings. The molecule has 0 saturated heterocycles. The van der Waals surface area contributed by atoms with Crippen LogP contribution in [0.3, 0.4) is 0 Å². The van der Waals surface area contributed by atoms with Gasteiger partial charge < -0.3 is 9.52 Å². The van der Waals surface area contributed by atoms with Gasteiger partial charge in [-0.25, -0.2) is 4.79 Å². The average molecular weight is 316 g/mol. The van der Waals surface area contributed by atoms with Crippen LogP contribution in [0.1, 0.15) is 16.9 Å². The molecule has 0 radical (unpaired) electrons. The summed E-state index contributed by atoms with van der Waals surface area (Å²) in [5.74, 6) is 0.633. The molecule has 118 valence electrons. The molecule has 1 heterocycles. The van der Waals surface area contributed by atoms with Crippen LogP contribution in [0.4, 0.5) is 0 Å². The highest BCUT2D eigenvalue weighted by molar-refractivity contribution is 5.85. The van der Waals surface area contributed by atoms with Crippen molar-refractivity contribution in [2.45, 2.75) is 0 Å². The van der Waals surface area contributed by atoms with Gasteiger partial charge in [-0.3, -0.25) is 0 Å². The Balaban J connectivity index is 1.76. The van der Waals surface area contributed by atoms with E-state index in [1.165, 1.54) is 0 Å². The maximum absolute atomic E-state index is 10.6. The van der Waals surface area contributed by atoms with Crippen LogP contribution in [0.5, 0.6) is 0 Å². The van der Waals surface area contributed by atoms with E-state index >= 15 is 0 Å². The van der Waals surface area contributed by atoms with Gasteiger partial charge in [0.1, 0.15) is 11.5 Å². The highest BCUT2D eigenvalue weighted by Crippen LogP contribution is 2.23. The van der Waals surface area contributed by atoms with E-state index in [-0.39, 0.29) is 0 Å². The van der Waals surface area contributed by atoms with E-state index in [9.17, 15) is 4.79 Å². The van der Waals surface area contributed by atoms with Crippen LogP contribution < -0.4 is 0 Å². The molecule has 1 N–H and O–H groups in total. The number of carbonyl (C=O) groups is 1. The number of carboxylic acids is 1. The largest absolute Gasteiger partial charge is 0.478 e.